The third-order valence-corrected chi connectivity index (χ3v) is 9.06. The van der Waals surface area contributed by atoms with Crippen molar-refractivity contribution in [2.75, 3.05) is 41.3 Å². The highest BCUT2D eigenvalue weighted by molar-refractivity contribution is 7.93. The molecule has 2 heterocycles. The van der Waals surface area contributed by atoms with Gasteiger partial charge in [-0.25, -0.2) is 18.0 Å². The lowest BCUT2D eigenvalue weighted by Crippen LogP contribution is -2.36. The molecule has 12 heteroatoms. The summed E-state index contributed by atoms with van der Waals surface area (Å²) in [5.74, 6) is 1.21. The minimum absolute atomic E-state index is 0.0234. The SMILES string of the molecule is CC.COC(=O)CN(c1ccc(C(=O)Nc2ccc(N3CCB(C#N)CC3)cc2)s1)S(=O)(=O)c1ccccc1. The average molecular weight is 567 g/mol. The van der Waals surface area contributed by atoms with Gasteiger partial charge >= 0.3 is 5.97 Å². The molecule has 0 spiro atoms. The highest BCUT2D eigenvalue weighted by Gasteiger charge is 2.29. The number of methoxy groups -OCH3 is 1. The average Bonchev–Trinajstić information content (AvgIpc) is 3.48. The van der Waals surface area contributed by atoms with Crippen LogP contribution >= 0.6 is 11.3 Å². The van der Waals surface area contributed by atoms with Crippen LogP contribution in [-0.2, 0) is 19.6 Å². The molecule has 0 unspecified atom stereocenters. The molecule has 0 saturated carbocycles. The molecule has 9 nitrogen and oxygen atoms in total. The molecule has 0 aliphatic carbocycles. The summed E-state index contributed by atoms with van der Waals surface area (Å²) in [6.45, 7) is 5.21. The Kier molecular flexibility index (Phi) is 10.5. The lowest BCUT2D eigenvalue weighted by Gasteiger charge is -2.30. The van der Waals surface area contributed by atoms with Gasteiger partial charge < -0.3 is 15.0 Å². The summed E-state index contributed by atoms with van der Waals surface area (Å²) in [6.07, 6.45) is 1.67. The largest absolute Gasteiger partial charge is 0.468 e. The van der Waals surface area contributed by atoms with Crippen molar-refractivity contribution in [2.45, 2.75) is 31.4 Å². The highest BCUT2D eigenvalue weighted by atomic mass is 32.2. The van der Waals surface area contributed by atoms with Crippen molar-refractivity contribution in [1.29, 1.82) is 5.26 Å². The summed E-state index contributed by atoms with van der Waals surface area (Å²) in [5.41, 5.74) is 1.62. The standard InChI is InChI=1S/C25H25BN4O5S2.C2H6/c1-35-24(31)17-30(37(33,34)21-5-3-2-4-6-21)23-12-11-22(36-23)25(32)28-19-7-9-20(10-8-19)29-15-13-26(18-27)14-16-29;1-2/h2-12H,13-17H2,1H3,(H,28,32);1-2H3. The fraction of sp³-hybridized carbons (Fsp3) is 0.296. The van der Waals surface area contributed by atoms with E-state index in [1.165, 1.54) is 31.4 Å². The molecule has 204 valence electrons. The molecule has 0 atom stereocenters. The van der Waals surface area contributed by atoms with Gasteiger partial charge in [-0.05, 0) is 61.2 Å². The fourth-order valence-electron chi connectivity index (χ4n) is 3.98. The molecule has 1 saturated heterocycles. The molecule has 0 bridgehead atoms. The van der Waals surface area contributed by atoms with Crippen LogP contribution in [-0.4, -0.2) is 53.8 Å². The first-order chi connectivity index (χ1) is 18.8. The van der Waals surface area contributed by atoms with Crippen molar-refractivity contribution in [3.8, 4) is 5.97 Å². The molecule has 3 aromatic rings. The minimum atomic E-state index is -4.06. The topological polar surface area (TPSA) is 120 Å². The molecule has 0 radical (unpaired) electrons. The summed E-state index contributed by atoms with van der Waals surface area (Å²) < 4.78 is 32.2. The number of amides is 1. The molecule has 1 amide bonds. The zero-order valence-electron chi connectivity index (χ0n) is 22.2. The Morgan fingerprint density at radius 2 is 1.69 bits per heavy atom. The lowest BCUT2D eigenvalue weighted by molar-refractivity contribution is -0.138. The zero-order valence-corrected chi connectivity index (χ0v) is 23.8. The van der Waals surface area contributed by atoms with E-state index in [1.54, 1.807) is 18.2 Å². The Labute approximate surface area is 234 Å². The second-order valence-corrected chi connectivity index (χ2v) is 11.4. The van der Waals surface area contributed by atoms with Crippen molar-refractivity contribution >= 4 is 56.3 Å². The number of nitriles is 1. The number of nitrogens with zero attached hydrogens (tertiary/aromatic N) is 3. The molecule has 1 fully saturated rings. The Hall–Kier alpha value is -3.82. The normalized spacial score (nSPS) is 13.0. The monoisotopic (exact) mass is 566 g/mol. The molecule has 1 aliphatic heterocycles. The van der Waals surface area contributed by atoms with Gasteiger partial charge in [-0.2, -0.15) is 0 Å². The van der Waals surface area contributed by atoms with Crippen molar-refractivity contribution in [1.82, 2.24) is 0 Å². The Balaban J connectivity index is 0.00000205. The van der Waals surface area contributed by atoms with E-state index in [2.05, 4.69) is 16.2 Å². The Morgan fingerprint density at radius 3 is 2.28 bits per heavy atom. The quantitative estimate of drug-likeness (QED) is 0.308. The zero-order chi connectivity index (χ0) is 28.4. The van der Waals surface area contributed by atoms with E-state index < -0.39 is 28.4 Å². The molecular weight excluding hydrogens is 535 g/mol. The van der Waals surface area contributed by atoms with Gasteiger partial charge in [0.1, 0.15) is 11.5 Å². The summed E-state index contributed by atoms with van der Waals surface area (Å²) >= 11 is 0.963. The summed E-state index contributed by atoms with van der Waals surface area (Å²) in [6, 6.07) is 18.2. The number of anilines is 3. The molecule has 1 aromatic heterocycles. The second-order valence-electron chi connectivity index (χ2n) is 8.43. The number of carbonyl (C=O) groups is 2. The van der Waals surface area contributed by atoms with Crippen LogP contribution in [0.15, 0.2) is 71.6 Å². The van der Waals surface area contributed by atoms with Gasteiger partial charge in [-0.3, -0.25) is 9.59 Å². The maximum Gasteiger partial charge on any atom is 0.326 e. The van der Waals surface area contributed by atoms with E-state index in [0.717, 1.165) is 47.1 Å². The Bertz CT molecular complexity index is 1400. The number of ether oxygens (including phenoxy) is 1. The number of thiophene rings is 1. The number of carbonyl (C=O) groups excluding carboxylic acids is 2. The minimum Gasteiger partial charge on any atom is -0.468 e. The van der Waals surface area contributed by atoms with E-state index >= 15 is 0 Å². The first-order valence-electron chi connectivity index (χ1n) is 12.6. The summed E-state index contributed by atoms with van der Waals surface area (Å²) in [7, 11) is -2.88. The Morgan fingerprint density at radius 1 is 1.05 bits per heavy atom. The van der Waals surface area contributed by atoms with Crippen molar-refractivity contribution in [2.24, 2.45) is 0 Å². The first-order valence-corrected chi connectivity index (χ1v) is 14.9. The van der Waals surface area contributed by atoms with Crippen LogP contribution in [0.4, 0.5) is 16.4 Å². The van der Waals surface area contributed by atoms with Crippen LogP contribution in [0, 0.1) is 11.2 Å². The van der Waals surface area contributed by atoms with Gasteiger partial charge in [-0.1, -0.05) is 32.0 Å². The third-order valence-electron chi connectivity index (χ3n) is 6.06. The van der Waals surface area contributed by atoms with Gasteiger partial charge in [0.15, 0.2) is 0 Å². The van der Waals surface area contributed by atoms with Gasteiger partial charge in [0, 0.05) is 30.4 Å². The van der Waals surface area contributed by atoms with E-state index in [4.69, 9.17) is 10.00 Å². The number of esters is 1. The maximum atomic E-state index is 13.3. The van der Waals surface area contributed by atoms with Gasteiger partial charge in [-0.15, -0.1) is 11.3 Å². The predicted octanol–water partition coefficient (Wildman–Crippen LogP) is 4.77. The van der Waals surface area contributed by atoms with Crippen molar-refractivity contribution in [3.05, 3.63) is 71.6 Å². The number of hydrogen-bond donors (Lipinski definition) is 1. The van der Waals surface area contributed by atoms with Crippen LogP contribution in [0.25, 0.3) is 0 Å². The van der Waals surface area contributed by atoms with Gasteiger partial charge in [0.25, 0.3) is 22.6 Å². The molecule has 2 aromatic carbocycles. The van der Waals surface area contributed by atoms with Crippen LogP contribution < -0.4 is 14.5 Å². The molecular formula is C27H31BN4O5S2. The predicted molar refractivity (Wildman–Crippen MR) is 156 cm³/mol. The first kappa shape index (κ1) is 29.7. The second kappa shape index (κ2) is 13.8. The van der Waals surface area contributed by atoms with E-state index in [1.807, 2.05) is 38.1 Å². The molecule has 1 N–H and O–H groups in total. The molecule has 4 rings (SSSR count). The number of hydrogen-bond acceptors (Lipinski definition) is 8. The number of rotatable bonds is 8. The van der Waals surface area contributed by atoms with E-state index in [9.17, 15) is 18.0 Å². The summed E-state index contributed by atoms with van der Waals surface area (Å²) in [4.78, 5) is 27.4. The number of benzene rings is 2. The molecule has 1 aliphatic rings. The summed E-state index contributed by atoms with van der Waals surface area (Å²) in [5, 5.41) is 12.1. The van der Waals surface area contributed by atoms with Crippen LogP contribution in [0.3, 0.4) is 0 Å². The van der Waals surface area contributed by atoms with Crippen LogP contribution in [0.5, 0.6) is 0 Å². The number of sulfonamides is 1. The number of nitrogens with one attached hydrogen (secondary N) is 1. The smallest absolute Gasteiger partial charge is 0.326 e. The van der Waals surface area contributed by atoms with Crippen LogP contribution in [0.2, 0.25) is 12.6 Å². The lowest BCUT2D eigenvalue weighted by atomic mass is 9.45. The van der Waals surface area contributed by atoms with Gasteiger partial charge in [0.05, 0.1) is 16.9 Å². The molecule has 39 heavy (non-hydrogen) atoms. The van der Waals surface area contributed by atoms with E-state index in [-0.39, 0.29) is 21.5 Å². The van der Waals surface area contributed by atoms with E-state index in [0.29, 0.717) is 5.69 Å². The highest BCUT2D eigenvalue weighted by Crippen LogP contribution is 2.31. The van der Waals surface area contributed by atoms with Gasteiger partial charge in [0.2, 0.25) is 0 Å². The van der Waals surface area contributed by atoms with Crippen molar-refractivity contribution < 1.29 is 22.7 Å². The van der Waals surface area contributed by atoms with Crippen LogP contribution in [0.1, 0.15) is 23.5 Å². The maximum absolute atomic E-state index is 13.3. The third kappa shape index (κ3) is 7.40. The van der Waals surface area contributed by atoms with Crippen molar-refractivity contribution in [3.63, 3.8) is 0 Å². The fourth-order valence-corrected chi connectivity index (χ4v) is 6.52.